The molecule has 1 atom stereocenters. The molecule has 1 aliphatic rings. The second-order valence-electron chi connectivity index (χ2n) is 4.69. The second-order valence-corrected chi connectivity index (χ2v) is 4.69. The van der Waals surface area contributed by atoms with Gasteiger partial charge in [0.1, 0.15) is 0 Å². The van der Waals surface area contributed by atoms with Crippen LogP contribution in [0.25, 0.3) is 0 Å². The summed E-state index contributed by atoms with van der Waals surface area (Å²) in [5.41, 5.74) is 5.93. The van der Waals surface area contributed by atoms with E-state index in [1.54, 1.807) is 12.1 Å². The van der Waals surface area contributed by atoms with Crippen molar-refractivity contribution in [1.82, 2.24) is 0 Å². The van der Waals surface area contributed by atoms with E-state index in [0.717, 1.165) is 6.42 Å². The average Bonchev–Trinajstić information content (AvgIpc) is 2.83. The first-order valence-electron chi connectivity index (χ1n) is 6.10. The maximum atomic E-state index is 11.9. The van der Waals surface area contributed by atoms with Crippen LogP contribution in [0.2, 0.25) is 0 Å². The van der Waals surface area contributed by atoms with E-state index in [-0.39, 0.29) is 5.78 Å². The Kier molecular flexibility index (Phi) is 3.78. The van der Waals surface area contributed by atoms with Gasteiger partial charge in [-0.3, -0.25) is 4.79 Å². The Bertz CT molecular complexity index is 326. The van der Waals surface area contributed by atoms with Gasteiger partial charge < -0.3 is 10.2 Å². The lowest BCUT2D eigenvalue weighted by Gasteiger charge is -2.23. The van der Waals surface area contributed by atoms with E-state index in [1.165, 1.54) is 38.4 Å². The van der Waals surface area contributed by atoms with Gasteiger partial charge in [-0.15, -0.1) is 0 Å². The second kappa shape index (κ2) is 5.30. The summed E-state index contributed by atoms with van der Waals surface area (Å²) in [6.45, 7) is 0. The number of hydrogen-bond donors (Lipinski definition) is 1. The summed E-state index contributed by atoms with van der Waals surface area (Å²) < 4.78 is 5.08. The van der Waals surface area contributed by atoms with Gasteiger partial charge in [0, 0.05) is 0 Å². The molecule has 3 heteroatoms. The zero-order valence-corrected chi connectivity index (χ0v) is 9.52. The molecular weight excluding hydrogens is 202 g/mol. The lowest BCUT2D eigenvalue weighted by molar-refractivity contribution is 0.0916. The summed E-state index contributed by atoms with van der Waals surface area (Å²) >= 11 is 0. The van der Waals surface area contributed by atoms with Crippen LogP contribution in [0.4, 0.5) is 0 Å². The summed E-state index contributed by atoms with van der Waals surface area (Å²) in [5.74, 6) is 0.960. The van der Waals surface area contributed by atoms with E-state index in [2.05, 4.69) is 0 Å². The van der Waals surface area contributed by atoms with Crippen molar-refractivity contribution >= 4 is 5.78 Å². The molecule has 0 amide bonds. The van der Waals surface area contributed by atoms with Crippen molar-refractivity contribution in [2.24, 2.45) is 11.7 Å². The molecule has 1 unspecified atom stereocenters. The molecule has 1 fully saturated rings. The monoisotopic (exact) mass is 221 g/mol. The molecule has 1 aromatic rings. The Balaban J connectivity index is 1.87. The SMILES string of the molecule is NC(CC1CCCCC1)C(=O)c1ccco1. The maximum absolute atomic E-state index is 11.9. The molecule has 1 heterocycles. The number of nitrogens with two attached hydrogens (primary N) is 1. The standard InChI is InChI=1S/C13H19NO2/c14-11(9-10-5-2-1-3-6-10)13(15)12-7-4-8-16-12/h4,7-8,10-11H,1-3,5-6,9,14H2. The van der Waals surface area contributed by atoms with E-state index >= 15 is 0 Å². The molecule has 2 N–H and O–H groups in total. The molecule has 0 aliphatic heterocycles. The zero-order valence-electron chi connectivity index (χ0n) is 9.52. The van der Waals surface area contributed by atoms with E-state index in [9.17, 15) is 4.79 Å². The fourth-order valence-corrected chi connectivity index (χ4v) is 2.49. The van der Waals surface area contributed by atoms with Crippen molar-refractivity contribution in [3.8, 4) is 0 Å². The highest BCUT2D eigenvalue weighted by molar-refractivity contribution is 5.97. The van der Waals surface area contributed by atoms with E-state index in [4.69, 9.17) is 10.2 Å². The molecule has 1 saturated carbocycles. The van der Waals surface area contributed by atoms with Crippen LogP contribution in [0.1, 0.15) is 49.1 Å². The molecule has 3 nitrogen and oxygen atoms in total. The van der Waals surface area contributed by atoms with Crippen LogP contribution >= 0.6 is 0 Å². The van der Waals surface area contributed by atoms with Gasteiger partial charge in [-0.25, -0.2) is 0 Å². The van der Waals surface area contributed by atoms with Gasteiger partial charge in [-0.2, -0.15) is 0 Å². The van der Waals surface area contributed by atoms with Crippen LogP contribution < -0.4 is 5.73 Å². The van der Waals surface area contributed by atoms with Gasteiger partial charge in [0.25, 0.3) is 0 Å². The van der Waals surface area contributed by atoms with Crippen LogP contribution in [-0.2, 0) is 0 Å². The molecule has 16 heavy (non-hydrogen) atoms. The van der Waals surface area contributed by atoms with E-state index in [1.807, 2.05) is 0 Å². The Hall–Kier alpha value is -1.09. The predicted octanol–water partition coefficient (Wildman–Crippen LogP) is 2.76. The molecule has 0 aromatic carbocycles. The summed E-state index contributed by atoms with van der Waals surface area (Å²) in [6, 6.07) is 3.01. The number of hydrogen-bond acceptors (Lipinski definition) is 3. The largest absolute Gasteiger partial charge is 0.461 e. The number of rotatable bonds is 4. The molecule has 0 spiro atoms. The van der Waals surface area contributed by atoms with Crippen LogP contribution in [0.5, 0.6) is 0 Å². The first kappa shape index (κ1) is 11.4. The van der Waals surface area contributed by atoms with Crippen LogP contribution in [-0.4, -0.2) is 11.8 Å². The number of ketones is 1. The van der Waals surface area contributed by atoms with Crippen LogP contribution in [0.15, 0.2) is 22.8 Å². The molecular formula is C13H19NO2. The molecule has 88 valence electrons. The highest BCUT2D eigenvalue weighted by Gasteiger charge is 2.23. The van der Waals surface area contributed by atoms with Crippen molar-refractivity contribution in [3.05, 3.63) is 24.2 Å². The Morgan fingerprint density at radius 2 is 2.19 bits per heavy atom. The minimum Gasteiger partial charge on any atom is -0.461 e. The average molecular weight is 221 g/mol. The first-order chi connectivity index (χ1) is 7.77. The van der Waals surface area contributed by atoms with E-state index in [0.29, 0.717) is 11.7 Å². The fourth-order valence-electron chi connectivity index (χ4n) is 2.49. The van der Waals surface area contributed by atoms with Crippen molar-refractivity contribution in [3.63, 3.8) is 0 Å². The quantitative estimate of drug-likeness (QED) is 0.795. The topological polar surface area (TPSA) is 56.2 Å². The molecule has 1 aromatic heterocycles. The minimum atomic E-state index is -0.394. The lowest BCUT2D eigenvalue weighted by atomic mass is 9.84. The number of carbonyl (C=O) groups is 1. The third kappa shape index (κ3) is 2.73. The highest BCUT2D eigenvalue weighted by atomic mass is 16.3. The predicted molar refractivity (Wildman–Crippen MR) is 62.2 cm³/mol. The molecule has 0 bridgehead atoms. The minimum absolute atomic E-state index is 0.0597. The summed E-state index contributed by atoms with van der Waals surface area (Å²) in [7, 11) is 0. The van der Waals surface area contributed by atoms with Gasteiger partial charge in [-0.1, -0.05) is 32.1 Å². The van der Waals surface area contributed by atoms with Gasteiger partial charge in [0.15, 0.2) is 5.76 Å². The zero-order chi connectivity index (χ0) is 11.4. The number of Topliss-reactive ketones (excluding diaryl/α,β-unsaturated/α-hetero) is 1. The van der Waals surface area contributed by atoms with Gasteiger partial charge >= 0.3 is 0 Å². The van der Waals surface area contributed by atoms with E-state index < -0.39 is 6.04 Å². The van der Waals surface area contributed by atoms with Gasteiger partial charge in [0.2, 0.25) is 5.78 Å². The smallest absolute Gasteiger partial charge is 0.214 e. The van der Waals surface area contributed by atoms with Crippen LogP contribution in [0.3, 0.4) is 0 Å². The van der Waals surface area contributed by atoms with Gasteiger partial charge in [0.05, 0.1) is 12.3 Å². The summed E-state index contributed by atoms with van der Waals surface area (Å²) in [5, 5.41) is 0. The Morgan fingerprint density at radius 1 is 1.44 bits per heavy atom. The van der Waals surface area contributed by atoms with Crippen LogP contribution in [0, 0.1) is 5.92 Å². The van der Waals surface area contributed by atoms with Crippen molar-refractivity contribution < 1.29 is 9.21 Å². The van der Waals surface area contributed by atoms with Crippen molar-refractivity contribution in [2.75, 3.05) is 0 Å². The van der Waals surface area contributed by atoms with Crippen molar-refractivity contribution in [2.45, 2.75) is 44.6 Å². The number of carbonyl (C=O) groups excluding carboxylic acids is 1. The maximum Gasteiger partial charge on any atom is 0.214 e. The third-order valence-corrected chi connectivity index (χ3v) is 3.41. The summed E-state index contributed by atoms with van der Waals surface area (Å²) in [6.07, 6.45) is 8.66. The Morgan fingerprint density at radius 3 is 2.81 bits per heavy atom. The summed E-state index contributed by atoms with van der Waals surface area (Å²) in [4.78, 5) is 11.9. The molecule has 1 aliphatic carbocycles. The normalized spacial score (nSPS) is 19.6. The lowest BCUT2D eigenvalue weighted by Crippen LogP contribution is -2.33. The number of furan rings is 1. The first-order valence-corrected chi connectivity index (χ1v) is 6.10. The molecule has 0 radical (unpaired) electrons. The fraction of sp³-hybridized carbons (Fsp3) is 0.615. The Labute approximate surface area is 96.0 Å². The van der Waals surface area contributed by atoms with Crippen molar-refractivity contribution in [1.29, 1.82) is 0 Å². The molecule has 2 rings (SSSR count). The third-order valence-electron chi connectivity index (χ3n) is 3.41. The molecule has 0 saturated heterocycles. The highest BCUT2D eigenvalue weighted by Crippen LogP contribution is 2.27. The van der Waals surface area contributed by atoms with Gasteiger partial charge in [-0.05, 0) is 24.5 Å².